The number of halogens is 2. The van der Waals surface area contributed by atoms with E-state index in [1.807, 2.05) is 0 Å². The quantitative estimate of drug-likeness (QED) is 0.803. The number of nitrogens with one attached hydrogen (secondary N) is 1. The van der Waals surface area contributed by atoms with Gasteiger partial charge in [-0.15, -0.1) is 0 Å². The van der Waals surface area contributed by atoms with Crippen LogP contribution in [0.2, 0.25) is 0 Å². The van der Waals surface area contributed by atoms with Crippen molar-refractivity contribution in [3.8, 4) is 0 Å². The second-order valence-electron chi connectivity index (χ2n) is 4.87. The van der Waals surface area contributed by atoms with Crippen LogP contribution in [0.1, 0.15) is 30.9 Å². The minimum absolute atomic E-state index is 0.234. The summed E-state index contributed by atoms with van der Waals surface area (Å²) in [6, 6.07) is 13.3. The highest BCUT2D eigenvalue weighted by atomic mass is 79.9. The molecule has 0 saturated heterocycles. The monoisotopic (exact) mass is 321 g/mol. The Morgan fingerprint density at radius 1 is 1.11 bits per heavy atom. The third kappa shape index (κ3) is 3.80. The third-order valence-corrected chi connectivity index (χ3v) is 3.55. The number of rotatable bonds is 4. The van der Waals surface area contributed by atoms with Crippen LogP contribution < -0.4 is 5.32 Å². The second-order valence-corrected chi connectivity index (χ2v) is 5.79. The van der Waals surface area contributed by atoms with Crippen molar-refractivity contribution in [2.75, 3.05) is 5.32 Å². The van der Waals surface area contributed by atoms with Crippen LogP contribution in [0.3, 0.4) is 0 Å². The highest BCUT2D eigenvalue weighted by Crippen LogP contribution is 2.21. The molecule has 0 spiro atoms. The predicted molar refractivity (Wildman–Crippen MR) is 82.0 cm³/mol. The maximum absolute atomic E-state index is 13.6. The zero-order chi connectivity index (χ0) is 13.8. The predicted octanol–water partition coefficient (Wildman–Crippen LogP) is 5.32. The molecule has 0 fully saturated rings. The molecule has 0 saturated carbocycles. The van der Waals surface area contributed by atoms with Gasteiger partial charge in [0.1, 0.15) is 5.82 Å². The van der Waals surface area contributed by atoms with Crippen molar-refractivity contribution in [3.63, 3.8) is 0 Å². The van der Waals surface area contributed by atoms with Gasteiger partial charge in [0, 0.05) is 11.0 Å². The molecule has 0 aliphatic carbocycles. The van der Waals surface area contributed by atoms with Crippen LogP contribution in [-0.4, -0.2) is 0 Å². The summed E-state index contributed by atoms with van der Waals surface area (Å²) in [5.41, 5.74) is 2.98. The minimum atomic E-state index is -0.234. The standard InChI is InChI=1S/C16H17BrFN/c1-11(2)13-5-3-12(4-6-13)10-19-16-9-14(17)7-8-15(16)18/h3-9,11,19H,10H2,1-2H3. The number of hydrogen-bond donors (Lipinski definition) is 1. The summed E-state index contributed by atoms with van der Waals surface area (Å²) >= 11 is 3.34. The zero-order valence-electron chi connectivity index (χ0n) is 11.1. The molecule has 0 aromatic heterocycles. The maximum atomic E-state index is 13.6. The molecule has 2 rings (SSSR count). The van der Waals surface area contributed by atoms with Gasteiger partial charge in [0.25, 0.3) is 0 Å². The van der Waals surface area contributed by atoms with Gasteiger partial charge in [0.15, 0.2) is 0 Å². The average molecular weight is 322 g/mol. The van der Waals surface area contributed by atoms with Gasteiger partial charge >= 0.3 is 0 Å². The number of hydrogen-bond acceptors (Lipinski definition) is 1. The molecule has 0 aliphatic heterocycles. The van der Waals surface area contributed by atoms with Gasteiger partial charge in [-0.2, -0.15) is 0 Å². The van der Waals surface area contributed by atoms with Crippen molar-refractivity contribution < 1.29 is 4.39 Å². The van der Waals surface area contributed by atoms with Crippen molar-refractivity contribution in [1.29, 1.82) is 0 Å². The molecule has 0 aliphatic rings. The lowest BCUT2D eigenvalue weighted by molar-refractivity contribution is 0.630. The van der Waals surface area contributed by atoms with E-state index < -0.39 is 0 Å². The molecule has 3 heteroatoms. The lowest BCUT2D eigenvalue weighted by Gasteiger charge is -2.10. The summed E-state index contributed by atoms with van der Waals surface area (Å²) in [6.45, 7) is 4.96. The van der Waals surface area contributed by atoms with Crippen molar-refractivity contribution >= 4 is 21.6 Å². The van der Waals surface area contributed by atoms with Crippen LogP contribution in [0.5, 0.6) is 0 Å². The Morgan fingerprint density at radius 2 is 1.79 bits per heavy atom. The first-order chi connectivity index (χ1) is 9.06. The fourth-order valence-electron chi connectivity index (χ4n) is 1.85. The maximum Gasteiger partial charge on any atom is 0.146 e. The first-order valence-corrected chi connectivity index (χ1v) is 7.13. The Morgan fingerprint density at radius 3 is 2.42 bits per heavy atom. The Balaban J connectivity index is 2.04. The smallest absolute Gasteiger partial charge is 0.146 e. The average Bonchev–Trinajstić information content (AvgIpc) is 2.40. The fraction of sp³-hybridized carbons (Fsp3) is 0.250. The van der Waals surface area contributed by atoms with Gasteiger partial charge in [-0.25, -0.2) is 4.39 Å². The summed E-state index contributed by atoms with van der Waals surface area (Å²) in [7, 11) is 0. The Bertz CT molecular complexity index is 549. The van der Waals surface area contributed by atoms with Crippen LogP contribution in [0.25, 0.3) is 0 Å². The summed E-state index contributed by atoms with van der Waals surface area (Å²) in [4.78, 5) is 0. The summed E-state index contributed by atoms with van der Waals surface area (Å²) in [5.74, 6) is 0.298. The van der Waals surface area contributed by atoms with E-state index >= 15 is 0 Å². The van der Waals surface area contributed by atoms with E-state index in [2.05, 4.69) is 59.4 Å². The van der Waals surface area contributed by atoms with Gasteiger partial charge < -0.3 is 5.32 Å². The molecule has 0 bridgehead atoms. The molecule has 0 atom stereocenters. The van der Waals surface area contributed by atoms with E-state index in [1.54, 1.807) is 12.1 Å². The van der Waals surface area contributed by atoms with Crippen molar-refractivity contribution in [3.05, 3.63) is 63.9 Å². The molecule has 0 amide bonds. The number of benzene rings is 2. The van der Waals surface area contributed by atoms with Gasteiger partial charge in [0.2, 0.25) is 0 Å². The van der Waals surface area contributed by atoms with E-state index in [9.17, 15) is 4.39 Å². The molecule has 0 heterocycles. The molecule has 1 N–H and O–H groups in total. The van der Waals surface area contributed by atoms with Crippen LogP contribution in [-0.2, 0) is 6.54 Å². The van der Waals surface area contributed by atoms with E-state index in [4.69, 9.17) is 0 Å². The van der Waals surface area contributed by atoms with Crippen LogP contribution in [0.4, 0.5) is 10.1 Å². The van der Waals surface area contributed by atoms with Gasteiger partial charge in [-0.05, 0) is 35.2 Å². The van der Waals surface area contributed by atoms with E-state index in [0.717, 1.165) is 10.0 Å². The Hall–Kier alpha value is -1.35. The Labute approximate surface area is 122 Å². The lowest BCUT2D eigenvalue weighted by Crippen LogP contribution is -2.01. The van der Waals surface area contributed by atoms with Crippen LogP contribution in [0, 0.1) is 5.82 Å². The van der Waals surface area contributed by atoms with E-state index in [1.165, 1.54) is 11.6 Å². The minimum Gasteiger partial charge on any atom is -0.379 e. The van der Waals surface area contributed by atoms with Crippen LogP contribution in [0.15, 0.2) is 46.9 Å². The molecule has 100 valence electrons. The first-order valence-electron chi connectivity index (χ1n) is 6.34. The molecular formula is C16H17BrFN. The van der Waals surface area contributed by atoms with Crippen LogP contribution >= 0.6 is 15.9 Å². The summed E-state index contributed by atoms with van der Waals surface area (Å²) in [6.07, 6.45) is 0. The first kappa shape index (κ1) is 14.1. The second kappa shape index (κ2) is 6.20. The molecular weight excluding hydrogens is 305 g/mol. The SMILES string of the molecule is CC(C)c1ccc(CNc2cc(Br)ccc2F)cc1. The lowest BCUT2D eigenvalue weighted by atomic mass is 10.0. The topological polar surface area (TPSA) is 12.0 Å². The largest absolute Gasteiger partial charge is 0.379 e. The van der Waals surface area contributed by atoms with Gasteiger partial charge in [-0.3, -0.25) is 0 Å². The Kier molecular flexibility index (Phi) is 4.59. The molecule has 19 heavy (non-hydrogen) atoms. The molecule has 0 radical (unpaired) electrons. The summed E-state index contributed by atoms with van der Waals surface area (Å²) < 4.78 is 14.4. The molecule has 0 unspecified atom stereocenters. The third-order valence-electron chi connectivity index (χ3n) is 3.06. The van der Waals surface area contributed by atoms with Gasteiger partial charge in [0.05, 0.1) is 5.69 Å². The van der Waals surface area contributed by atoms with Crippen molar-refractivity contribution in [2.45, 2.75) is 26.3 Å². The van der Waals surface area contributed by atoms with Crippen molar-refractivity contribution in [2.24, 2.45) is 0 Å². The van der Waals surface area contributed by atoms with E-state index in [-0.39, 0.29) is 5.82 Å². The molecule has 2 aromatic rings. The fourth-order valence-corrected chi connectivity index (χ4v) is 2.21. The normalized spacial score (nSPS) is 10.8. The highest BCUT2D eigenvalue weighted by molar-refractivity contribution is 9.10. The summed E-state index contributed by atoms with van der Waals surface area (Å²) in [5, 5.41) is 3.11. The molecule has 1 nitrogen and oxygen atoms in total. The highest BCUT2D eigenvalue weighted by Gasteiger charge is 2.03. The van der Waals surface area contributed by atoms with Gasteiger partial charge in [-0.1, -0.05) is 54.0 Å². The van der Waals surface area contributed by atoms with Crippen molar-refractivity contribution in [1.82, 2.24) is 0 Å². The van der Waals surface area contributed by atoms with E-state index in [0.29, 0.717) is 18.2 Å². The number of anilines is 1. The zero-order valence-corrected chi connectivity index (χ0v) is 12.7. The molecule has 2 aromatic carbocycles.